The van der Waals surface area contributed by atoms with Crippen molar-refractivity contribution in [3.8, 4) is 0 Å². The van der Waals surface area contributed by atoms with E-state index in [0.717, 1.165) is 84.0 Å². The van der Waals surface area contributed by atoms with E-state index in [-0.39, 0.29) is 93.8 Å². The van der Waals surface area contributed by atoms with Gasteiger partial charge in [0, 0.05) is 60.8 Å². The zero-order chi connectivity index (χ0) is 47.4. The Balaban J connectivity index is 0.000000172. The molecule has 6 aliphatic carbocycles. The fourth-order valence-electron chi connectivity index (χ4n) is 12.2. The number of hydrogen-bond donors (Lipinski definition) is 2. The Morgan fingerprint density at radius 1 is 0.554 bits per heavy atom. The Morgan fingerprint density at radius 2 is 0.877 bits per heavy atom. The fraction of sp³-hybridized carbons (Fsp3) is 0.712. The summed E-state index contributed by atoms with van der Waals surface area (Å²) in [6, 6.07) is 0. The molecule has 0 aromatic carbocycles. The highest BCUT2D eigenvalue weighted by atomic mass is 16.4. The third-order valence-electron chi connectivity index (χ3n) is 16.2. The molecule has 3 aliphatic heterocycles. The molecule has 0 bridgehead atoms. The molecule has 0 spiro atoms. The van der Waals surface area contributed by atoms with E-state index in [0.29, 0.717) is 24.7 Å². The molecule has 3 saturated heterocycles. The van der Waals surface area contributed by atoms with Crippen LogP contribution in [0.1, 0.15) is 128 Å². The molecule has 65 heavy (non-hydrogen) atoms. The SMILES string of the molecule is C.O=C(O)C1CC1.[C-]#[N+]C1=C[C@@]2(C)CN(C(=O)C3CC3)CC[C@@H]2C(C)(C)C1=O.[C-]#[N+]C1=C[C@]2(C)CN(C(=O)C3CC3)CC[C@H]2C(C)(C)C1=O.[C-]#[N+]C1=C[C@]2(C)CNCC[C@H]2C(C)(C)C1=O. The summed E-state index contributed by atoms with van der Waals surface area (Å²) in [5.41, 5.74) is -1.18. The Bertz CT molecular complexity index is 2100. The van der Waals surface area contributed by atoms with E-state index in [2.05, 4.69) is 40.6 Å². The maximum Gasteiger partial charge on any atom is 0.306 e. The van der Waals surface area contributed by atoms with Crippen LogP contribution in [-0.2, 0) is 28.8 Å². The molecule has 13 heteroatoms. The molecular weight excluding hydrogens is 821 g/mol. The van der Waals surface area contributed by atoms with E-state index >= 15 is 0 Å². The lowest BCUT2D eigenvalue weighted by molar-refractivity contribution is -0.143. The van der Waals surface area contributed by atoms with Crippen LogP contribution in [0.4, 0.5) is 0 Å². The lowest BCUT2D eigenvalue weighted by Crippen LogP contribution is -2.56. The van der Waals surface area contributed by atoms with Gasteiger partial charge in [-0.1, -0.05) is 88.0 Å². The predicted octanol–water partition coefficient (Wildman–Crippen LogP) is 8.46. The number of nitrogens with one attached hydrogen (secondary N) is 1. The normalized spacial score (nSPS) is 33.5. The number of Topliss-reactive ketones (excluding diaryl/α,β-unsaturated/α-hetero) is 3. The molecule has 2 N–H and O–H groups in total. The minimum atomic E-state index is -0.630. The molecule has 2 amide bonds. The molecule has 0 aromatic heterocycles. The number of amides is 2. The number of likely N-dealkylation sites (tertiary alicyclic amines) is 2. The second-order valence-electron chi connectivity index (χ2n) is 22.5. The van der Waals surface area contributed by atoms with Gasteiger partial charge in [-0.05, 0) is 98.3 Å². The van der Waals surface area contributed by atoms with Crippen LogP contribution in [0, 0.1) is 87.7 Å². The standard InChI is InChI=1S/2C17H22N2O2.C13H18N2O.C4H6O2.CH4/c2*1-16(2)13-7-8-19(15(21)11-5-6-11)10-17(13,3)9-12(18-4)14(16)20;1-12(2)10-5-6-15-8-13(10,3)7-9(14-4)11(12)16;5-4(6)3-1-2-3;/h2*9,11,13H,5-8,10H2,1-3H3;7,10,15H,5-6,8H2,1-3H3;3H,1-2H2,(H,5,6);1H4/t2*13-,17+;10-,13+;;/m100../s1. The number of ketones is 3. The van der Waals surface area contributed by atoms with Crippen molar-refractivity contribution in [1.29, 1.82) is 0 Å². The number of carboxylic acid groups (broad SMARTS) is 1. The maximum absolute atomic E-state index is 12.4. The van der Waals surface area contributed by atoms with E-state index < -0.39 is 22.2 Å². The van der Waals surface area contributed by atoms with E-state index in [1.165, 1.54) is 0 Å². The quantitative estimate of drug-likeness (QED) is 0.268. The number of nitrogens with zero attached hydrogens (tertiary/aromatic N) is 5. The van der Waals surface area contributed by atoms with Crippen LogP contribution in [0.5, 0.6) is 0 Å². The molecule has 9 aliphatic rings. The Kier molecular flexibility index (Phi) is 14.4. The smallest absolute Gasteiger partial charge is 0.306 e. The molecule has 9 rings (SSSR count). The highest BCUT2D eigenvalue weighted by Gasteiger charge is 2.56. The number of carbonyl (C=O) groups excluding carboxylic acids is 5. The fourth-order valence-corrected chi connectivity index (χ4v) is 12.2. The van der Waals surface area contributed by atoms with E-state index in [9.17, 15) is 28.8 Å². The summed E-state index contributed by atoms with van der Waals surface area (Å²) in [6.45, 7) is 44.4. The maximum atomic E-state index is 12.4. The number of carboxylic acids is 1. The summed E-state index contributed by atoms with van der Waals surface area (Å²) in [6.07, 6.45) is 14.1. The van der Waals surface area contributed by atoms with Crippen molar-refractivity contribution in [2.45, 2.75) is 128 Å². The van der Waals surface area contributed by atoms with Crippen molar-refractivity contribution in [2.75, 3.05) is 39.3 Å². The molecule has 3 saturated carbocycles. The van der Waals surface area contributed by atoms with E-state index in [1.54, 1.807) is 0 Å². The molecule has 13 nitrogen and oxygen atoms in total. The van der Waals surface area contributed by atoms with Gasteiger partial charge in [-0.15, -0.1) is 0 Å². The van der Waals surface area contributed by atoms with Crippen LogP contribution >= 0.6 is 0 Å². The van der Waals surface area contributed by atoms with E-state index in [4.69, 9.17) is 24.8 Å². The first kappa shape index (κ1) is 51.1. The summed E-state index contributed by atoms with van der Waals surface area (Å²) in [5.74, 6) is 1.07. The number of fused-ring (bicyclic) bond motifs is 3. The number of carbonyl (C=O) groups is 6. The highest BCUT2D eigenvalue weighted by molar-refractivity contribution is 6.03. The van der Waals surface area contributed by atoms with Crippen molar-refractivity contribution in [3.05, 3.63) is 69.6 Å². The first-order valence-electron chi connectivity index (χ1n) is 23.3. The second kappa shape index (κ2) is 18.4. The molecule has 6 fully saturated rings. The van der Waals surface area contributed by atoms with Gasteiger partial charge in [-0.2, -0.15) is 0 Å². The predicted molar refractivity (Wildman–Crippen MR) is 248 cm³/mol. The van der Waals surface area contributed by atoms with Crippen molar-refractivity contribution < 1.29 is 33.9 Å². The first-order chi connectivity index (χ1) is 29.8. The number of hydrogen-bond acceptors (Lipinski definition) is 7. The zero-order valence-electron chi connectivity index (χ0n) is 39.4. The van der Waals surface area contributed by atoms with Gasteiger partial charge in [0.2, 0.25) is 28.9 Å². The third-order valence-corrected chi connectivity index (χ3v) is 16.2. The van der Waals surface area contributed by atoms with Gasteiger partial charge in [0.05, 0.1) is 25.6 Å². The van der Waals surface area contributed by atoms with Crippen LogP contribution in [0.3, 0.4) is 0 Å². The lowest BCUT2D eigenvalue weighted by Gasteiger charge is -2.53. The number of rotatable bonds is 3. The van der Waals surface area contributed by atoms with Crippen molar-refractivity contribution >= 4 is 35.1 Å². The Morgan fingerprint density at radius 3 is 1.17 bits per heavy atom. The van der Waals surface area contributed by atoms with E-state index in [1.807, 2.05) is 69.6 Å². The first-order valence-corrected chi connectivity index (χ1v) is 23.3. The number of allylic oxidation sites excluding steroid dienone is 3. The van der Waals surface area contributed by atoms with Crippen LogP contribution in [0.2, 0.25) is 0 Å². The summed E-state index contributed by atoms with van der Waals surface area (Å²) < 4.78 is 0. The zero-order valence-corrected chi connectivity index (χ0v) is 39.4. The highest BCUT2D eigenvalue weighted by Crippen LogP contribution is 2.55. The molecule has 3 heterocycles. The molecular formula is C52H72N6O7. The van der Waals surface area contributed by atoms with Gasteiger partial charge in [0.1, 0.15) is 0 Å². The van der Waals surface area contributed by atoms with Crippen molar-refractivity contribution in [1.82, 2.24) is 15.1 Å². The molecule has 0 unspecified atom stereocenters. The van der Waals surface area contributed by atoms with Crippen LogP contribution < -0.4 is 5.32 Å². The average Bonchev–Trinajstić information content (AvgIpc) is 4.07. The number of piperidine rings is 3. The molecule has 0 radical (unpaired) electrons. The van der Waals surface area contributed by atoms with Gasteiger partial charge in [0.25, 0.3) is 0 Å². The number of aliphatic carboxylic acids is 1. The Labute approximate surface area is 387 Å². The lowest BCUT2D eigenvalue weighted by atomic mass is 9.55. The summed E-state index contributed by atoms with van der Waals surface area (Å²) in [7, 11) is 0. The Hall–Kier alpha value is -4.93. The van der Waals surface area contributed by atoms with Crippen LogP contribution in [-0.4, -0.2) is 89.3 Å². The summed E-state index contributed by atoms with van der Waals surface area (Å²) in [5, 5.41) is 11.4. The van der Waals surface area contributed by atoms with Crippen molar-refractivity contribution in [3.63, 3.8) is 0 Å². The van der Waals surface area contributed by atoms with Gasteiger partial charge < -0.3 is 34.6 Å². The van der Waals surface area contributed by atoms with Gasteiger partial charge in [0.15, 0.2) is 17.3 Å². The van der Waals surface area contributed by atoms with Crippen LogP contribution in [0.25, 0.3) is 14.5 Å². The van der Waals surface area contributed by atoms with Gasteiger partial charge >= 0.3 is 5.97 Å². The molecule has 0 aromatic rings. The van der Waals surface area contributed by atoms with Gasteiger partial charge in [-0.3, -0.25) is 14.4 Å². The molecule has 352 valence electrons. The third kappa shape index (κ3) is 9.95. The largest absolute Gasteiger partial charge is 0.481 e. The van der Waals surface area contributed by atoms with Crippen molar-refractivity contribution in [2.24, 2.45) is 68.0 Å². The summed E-state index contributed by atoms with van der Waals surface area (Å²) >= 11 is 0. The average molecular weight is 893 g/mol. The summed E-state index contributed by atoms with van der Waals surface area (Å²) in [4.78, 5) is 85.7. The minimum Gasteiger partial charge on any atom is -0.481 e. The minimum absolute atomic E-state index is 0. The second-order valence-corrected chi connectivity index (χ2v) is 22.5. The van der Waals surface area contributed by atoms with Crippen LogP contribution in [0.15, 0.2) is 35.3 Å². The molecule has 6 atom stereocenters. The van der Waals surface area contributed by atoms with Gasteiger partial charge in [-0.25, -0.2) is 14.5 Å². The topological polar surface area (TPSA) is 154 Å². The monoisotopic (exact) mass is 893 g/mol.